The standard InChI is InChI=1S/C16H10ClN3O3S.C9H10N2O2/c17-14-6-5-13(24-14)12-7-9(19-23-12)8-20-11-4-2-1-3-10(11)18-15(20)16(21)22;10-7-1-3-8(4-2-7)11-5-6-13-9(11)12/h1-7H,8H2,(H,21,22);1-4H,5-6,10H2. The fourth-order valence-corrected chi connectivity index (χ4v) is 4.78. The third kappa shape index (κ3) is 5.27. The number of thiophene rings is 1. The lowest BCUT2D eigenvalue weighted by Crippen LogP contribution is -2.23. The Morgan fingerprint density at radius 1 is 1.14 bits per heavy atom. The molecule has 0 spiro atoms. The van der Waals surface area contributed by atoms with Crippen LogP contribution in [0.5, 0.6) is 0 Å². The molecule has 2 aromatic carbocycles. The largest absolute Gasteiger partial charge is 0.475 e. The number of para-hydroxylation sites is 2. The van der Waals surface area contributed by atoms with Gasteiger partial charge in [-0.15, -0.1) is 11.3 Å². The van der Waals surface area contributed by atoms with E-state index in [1.165, 1.54) is 11.3 Å². The molecule has 1 aliphatic rings. The van der Waals surface area contributed by atoms with Crippen molar-refractivity contribution in [1.82, 2.24) is 14.7 Å². The summed E-state index contributed by atoms with van der Waals surface area (Å²) in [5.74, 6) is -0.511. The van der Waals surface area contributed by atoms with Crippen LogP contribution in [0.15, 0.2) is 71.3 Å². The summed E-state index contributed by atoms with van der Waals surface area (Å²) in [4.78, 5) is 29.2. The van der Waals surface area contributed by atoms with Gasteiger partial charge in [-0.25, -0.2) is 14.6 Å². The number of aromatic carboxylic acids is 1. The van der Waals surface area contributed by atoms with E-state index in [9.17, 15) is 14.7 Å². The number of amides is 1. The Kier molecular flexibility index (Phi) is 6.80. The number of ether oxygens (including phenoxy) is 1. The van der Waals surface area contributed by atoms with Crippen molar-refractivity contribution in [2.75, 3.05) is 23.8 Å². The second-order valence-corrected chi connectivity index (χ2v) is 9.67. The van der Waals surface area contributed by atoms with E-state index in [1.54, 1.807) is 39.8 Å². The van der Waals surface area contributed by atoms with Gasteiger partial charge in [-0.1, -0.05) is 28.9 Å². The Balaban J connectivity index is 0.000000182. The molecule has 1 amide bonds. The Morgan fingerprint density at radius 3 is 2.59 bits per heavy atom. The number of rotatable bonds is 5. The molecule has 5 aromatic rings. The van der Waals surface area contributed by atoms with Gasteiger partial charge < -0.3 is 24.7 Å². The summed E-state index contributed by atoms with van der Waals surface area (Å²) in [6.07, 6.45) is -0.287. The van der Waals surface area contributed by atoms with Crippen LogP contribution in [0.3, 0.4) is 0 Å². The number of anilines is 2. The number of aromatic nitrogens is 3. The topological polar surface area (TPSA) is 137 Å². The fourth-order valence-electron chi connectivity index (χ4n) is 3.79. The summed E-state index contributed by atoms with van der Waals surface area (Å²) in [6, 6.07) is 19.8. The van der Waals surface area contributed by atoms with E-state index in [0.29, 0.717) is 40.1 Å². The second-order valence-electron chi connectivity index (χ2n) is 7.96. The van der Waals surface area contributed by atoms with Crippen LogP contribution in [-0.2, 0) is 11.3 Å². The van der Waals surface area contributed by atoms with E-state index >= 15 is 0 Å². The van der Waals surface area contributed by atoms with Crippen LogP contribution in [-0.4, -0.2) is 45.0 Å². The number of benzene rings is 2. The zero-order valence-electron chi connectivity index (χ0n) is 19.2. The first-order valence-corrected chi connectivity index (χ1v) is 12.3. The zero-order chi connectivity index (χ0) is 25.9. The van der Waals surface area contributed by atoms with E-state index in [0.717, 1.165) is 16.1 Å². The molecule has 0 saturated carbocycles. The SMILES string of the molecule is Nc1ccc(N2CCOC2=O)cc1.O=C(O)c1nc2ccccc2n1Cc1cc(-c2ccc(Cl)s2)on1. The van der Waals surface area contributed by atoms with E-state index in [-0.39, 0.29) is 18.5 Å². The third-order valence-corrected chi connectivity index (χ3v) is 6.75. The van der Waals surface area contributed by atoms with Crippen molar-refractivity contribution in [3.63, 3.8) is 0 Å². The fraction of sp³-hybridized carbons (Fsp3) is 0.120. The molecule has 3 N–H and O–H groups in total. The van der Waals surface area contributed by atoms with Crippen LogP contribution < -0.4 is 10.6 Å². The highest BCUT2D eigenvalue weighted by Gasteiger charge is 2.23. The smallest absolute Gasteiger partial charge is 0.414 e. The molecule has 0 bridgehead atoms. The number of hydrogen-bond donors (Lipinski definition) is 2. The summed E-state index contributed by atoms with van der Waals surface area (Å²) >= 11 is 7.32. The minimum Gasteiger partial charge on any atom is -0.475 e. The van der Waals surface area contributed by atoms with Gasteiger partial charge in [0.15, 0.2) is 5.76 Å². The van der Waals surface area contributed by atoms with Gasteiger partial charge in [0.1, 0.15) is 12.3 Å². The van der Waals surface area contributed by atoms with Crippen LogP contribution >= 0.6 is 22.9 Å². The second kappa shape index (κ2) is 10.3. The average Bonchev–Trinajstić information content (AvgIpc) is 3.68. The summed E-state index contributed by atoms with van der Waals surface area (Å²) in [6.45, 7) is 1.33. The van der Waals surface area contributed by atoms with Gasteiger partial charge in [0.2, 0.25) is 5.82 Å². The number of hydrogen-bond acceptors (Lipinski definition) is 8. The molecule has 188 valence electrons. The lowest BCUT2D eigenvalue weighted by molar-refractivity contribution is 0.0679. The first-order valence-electron chi connectivity index (χ1n) is 11.1. The van der Waals surface area contributed by atoms with Gasteiger partial charge in [-0.2, -0.15) is 0 Å². The monoisotopic (exact) mass is 537 g/mol. The van der Waals surface area contributed by atoms with Crippen molar-refractivity contribution in [2.24, 2.45) is 0 Å². The molecule has 1 fully saturated rings. The maximum absolute atomic E-state index is 11.5. The Labute approximate surface area is 219 Å². The number of carboxylic acid groups (broad SMARTS) is 1. The number of carbonyl (C=O) groups excluding carboxylic acids is 1. The Morgan fingerprint density at radius 2 is 1.92 bits per heavy atom. The van der Waals surface area contributed by atoms with Gasteiger partial charge in [-0.3, -0.25) is 4.90 Å². The molecule has 0 atom stereocenters. The van der Waals surface area contributed by atoms with E-state index in [2.05, 4.69) is 10.1 Å². The predicted octanol–water partition coefficient (Wildman–Crippen LogP) is 5.38. The lowest BCUT2D eigenvalue weighted by Gasteiger charge is -2.11. The Hall–Kier alpha value is -4.35. The van der Waals surface area contributed by atoms with Gasteiger partial charge in [-0.05, 0) is 48.5 Å². The number of cyclic esters (lactones) is 1. The average molecular weight is 538 g/mol. The molecule has 6 rings (SSSR count). The molecule has 3 aromatic heterocycles. The molecule has 10 nitrogen and oxygen atoms in total. The van der Waals surface area contributed by atoms with Gasteiger partial charge >= 0.3 is 12.1 Å². The summed E-state index contributed by atoms with van der Waals surface area (Å²) in [5, 5.41) is 13.4. The molecule has 0 unspecified atom stereocenters. The molecule has 4 heterocycles. The number of nitrogen functional groups attached to an aromatic ring is 1. The number of carbonyl (C=O) groups is 2. The van der Waals surface area contributed by atoms with E-state index < -0.39 is 5.97 Å². The van der Waals surface area contributed by atoms with Gasteiger partial charge in [0.05, 0.1) is 33.3 Å². The number of nitrogens with zero attached hydrogens (tertiary/aromatic N) is 4. The van der Waals surface area contributed by atoms with Crippen LogP contribution in [0.2, 0.25) is 4.34 Å². The molecular formula is C25H20ClN5O5S. The van der Waals surface area contributed by atoms with E-state index in [4.69, 9.17) is 26.6 Å². The molecule has 12 heteroatoms. The normalized spacial score (nSPS) is 12.9. The quantitative estimate of drug-likeness (QED) is 0.285. The maximum Gasteiger partial charge on any atom is 0.414 e. The Bertz CT molecular complexity index is 1580. The molecule has 37 heavy (non-hydrogen) atoms. The number of halogens is 1. The van der Waals surface area contributed by atoms with Crippen molar-refractivity contribution >= 4 is 57.4 Å². The van der Waals surface area contributed by atoms with Crippen molar-refractivity contribution in [2.45, 2.75) is 6.54 Å². The number of imidazole rings is 1. The number of carboxylic acids is 1. The molecule has 0 radical (unpaired) electrons. The van der Waals surface area contributed by atoms with E-state index in [1.807, 2.05) is 36.4 Å². The third-order valence-electron chi connectivity index (χ3n) is 5.51. The summed E-state index contributed by atoms with van der Waals surface area (Å²) < 4.78 is 12.4. The summed E-state index contributed by atoms with van der Waals surface area (Å²) in [7, 11) is 0. The highest BCUT2D eigenvalue weighted by atomic mass is 35.5. The van der Waals surface area contributed by atoms with Crippen molar-refractivity contribution < 1.29 is 24.0 Å². The zero-order valence-corrected chi connectivity index (χ0v) is 20.8. The number of fused-ring (bicyclic) bond motifs is 1. The molecule has 1 saturated heterocycles. The lowest BCUT2D eigenvalue weighted by atomic mass is 10.2. The van der Waals surface area contributed by atoms with Crippen molar-refractivity contribution in [3.8, 4) is 10.6 Å². The van der Waals surface area contributed by atoms with Gasteiger partial charge in [0.25, 0.3) is 0 Å². The molecular weight excluding hydrogens is 518 g/mol. The minimum atomic E-state index is -1.08. The van der Waals surface area contributed by atoms with Crippen LogP contribution in [0.1, 0.15) is 16.3 Å². The highest BCUT2D eigenvalue weighted by Crippen LogP contribution is 2.31. The minimum absolute atomic E-state index is 0.0279. The highest BCUT2D eigenvalue weighted by molar-refractivity contribution is 7.19. The molecule has 0 aliphatic carbocycles. The van der Waals surface area contributed by atoms with Crippen LogP contribution in [0.4, 0.5) is 16.2 Å². The van der Waals surface area contributed by atoms with Crippen LogP contribution in [0.25, 0.3) is 21.7 Å². The maximum atomic E-state index is 11.5. The van der Waals surface area contributed by atoms with Gasteiger partial charge in [0, 0.05) is 17.4 Å². The first-order chi connectivity index (χ1) is 17.9. The first kappa shape index (κ1) is 24.3. The molecule has 1 aliphatic heterocycles. The number of nitrogens with two attached hydrogens (primary N) is 1. The predicted molar refractivity (Wildman–Crippen MR) is 140 cm³/mol. The summed E-state index contributed by atoms with van der Waals surface area (Å²) in [5.41, 5.74) is 9.02. The van der Waals surface area contributed by atoms with Crippen molar-refractivity contribution in [1.29, 1.82) is 0 Å². The van der Waals surface area contributed by atoms with Crippen molar-refractivity contribution in [3.05, 3.63) is 82.6 Å². The van der Waals surface area contributed by atoms with Crippen LogP contribution in [0, 0.1) is 0 Å².